The third-order valence-electron chi connectivity index (χ3n) is 19.0. The molecule has 10 N–H and O–H groups in total. The number of allylic oxidation sites excluding steroid dienone is 2. The van der Waals surface area contributed by atoms with Crippen LogP contribution in [-0.4, -0.2) is 168 Å². The van der Waals surface area contributed by atoms with E-state index in [0.717, 1.165) is 44.9 Å². The molecule has 0 amide bonds. The lowest BCUT2D eigenvalue weighted by molar-refractivity contribution is -0.341. The molecule has 3 aliphatic heterocycles. The lowest BCUT2D eigenvalue weighted by Gasteiger charge is -2.71. The van der Waals surface area contributed by atoms with Gasteiger partial charge in [0.05, 0.1) is 31.3 Å². The summed E-state index contributed by atoms with van der Waals surface area (Å²) in [6.07, 6.45) is -10.6. The van der Waals surface area contributed by atoms with Crippen molar-refractivity contribution in [3.8, 4) is 0 Å². The van der Waals surface area contributed by atoms with E-state index in [1.54, 1.807) is 0 Å². The molecule has 3 heterocycles. The fraction of sp³-hybridized carbons (Fsp3) is 0.915. The largest absolute Gasteiger partial charge is 0.479 e. The van der Waals surface area contributed by atoms with Gasteiger partial charge in [-0.3, -0.25) is 4.79 Å². The molecular weight excluding hydrogens is 852 g/mol. The van der Waals surface area contributed by atoms with Gasteiger partial charge in [-0.15, -0.1) is 0 Å². The molecule has 0 aromatic rings. The molecule has 0 unspecified atom stereocenters. The Hall–Kier alpha value is -1.88. The second-order valence-corrected chi connectivity index (χ2v) is 23.2. The van der Waals surface area contributed by atoms with Gasteiger partial charge in [0.25, 0.3) is 0 Å². The van der Waals surface area contributed by atoms with E-state index < -0.39 is 128 Å². The maximum absolute atomic E-state index is 14.6. The first-order valence-electron chi connectivity index (χ1n) is 23.7. The third kappa shape index (κ3) is 7.58. The van der Waals surface area contributed by atoms with E-state index in [-0.39, 0.29) is 39.4 Å². The summed E-state index contributed by atoms with van der Waals surface area (Å²) < 4.78 is 34.9. The average molecular weight is 927 g/mol. The molecule has 3 saturated heterocycles. The highest BCUT2D eigenvalue weighted by atomic mass is 16.7. The Bertz CT molecular complexity index is 1840. The van der Waals surface area contributed by atoms with Crippen LogP contribution >= 0.6 is 0 Å². The van der Waals surface area contributed by atoms with Gasteiger partial charge in [-0.05, 0) is 109 Å². The summed E-state index contributed by atoms with van der Waals surface area (Å²) in [5, 5.41) is 105. The van der Waals surface area contributed by atoms with Gasteiger partial charge in [0, 0.05) is 0 Å². The van der Waals surface area contributed by atoms with E-state index in [2.05, 4.69) is 54.5 Å². The lowest BCUT2D eigenvalue weighted by atomic mass is 9.33. The minimum atomic E-state index is -2.06. The Kier molecular flexibility index (Phi) is 12.9. The molecule has 0 aromatic carbocycles. The quantitative estimate of drug-likeness (QED) is 0.0872. The fourth-order valence-corrected chi connectivity index (χ4v) is 14.7. The topological polar surface area (TPSA) is 292 Å². The van der Waals surface area contributed by atoms with Crippen LogP contribution in [0, 0.1) is 50.2 Å². The molecule has 18 nitrogen and oxygen atoms in total. The summed E-state index contributed by atoms with van der Waals surface area (Å²) in [6.45, 7) is 13.9. The zero-order chi connectivity index (χ0) is 47.6. The van der Waals surface area contributed by atoms with Crippen LogP contribution in [0.5, 0.6) is 0 Å². The van der Waals surface area contributed by atoms with Crippen molar-refractivity contribution in [2.75, 3.05) is 19.8 Å². The Morgan fingerprint density at radius 2 is 1.43 bits per heavy atom. The number of hydrogen-bond donors (Lipinski definition) is 10. The number of carbonyl (C=O) groups is 2. The number of fused-ring (bicyclic) bond motifs is 7. The Labute approximate surface area is 380 Å². The van der Waals surface area contributed by atoms with Gasteiger partial charge in [0.1, 0.15) is 54.4 Å². The predicted octanol–water partition coefficient (Wildman–Crippen LogP) is 0.874. The van der Waals surface area contributed by atoms with E-state index in [0.29, 0.717) is 19.3 Å². The van der Waals surface area contributed by atoms with E-state index in [4.69, 9.17) is 28.4 Å². The molecule has 0 aromatic heterocycles. The number of carbonyl (C=O) groups excluding carboxylic acids is 1. The van der Waals surface area contributed by atoms with Gasteiger partial charge in [-0.2, -0.15) is 0 Å². The summed E-state index contributed by atoms with van der Waals surface area (Å²) in [7, 11) is 0. The van der Waals surface area contributed by atoms with Gasteiger partial charge >= 0.3 is 11.9 Å². The van der Waals surface area contributed by atoms with Crippen LogP contribution in [0.2, 0.25) is 0 Å². The normalized spacial score (nSPS) is 52.5. The minimum Gasteiger partial charge on any atom is -0.479 e. The first kappa shape index (κ1) is 49.5. The molecule has 0 spiro atoms. The molecule has 370 valence electrons. The predicted molar refractivity (Wildman–Crippen MR) is 225 cm³/mol. The Morgan fingerprint density at radius 1 is 0.754 bits per heavy atom. The highest BCUT2D eigenvalue weighted by molar-refractivity contribution is 5.79. The summed E-state index contributed by atoms with van der Waals surface area (Å²) in [5.74, 6) is -1.77. The van der Waals surface area contributed by atoms with Gasteiger partial charge < -0.3 is 79.5 Å². The molecule has 0 radical (unpaired) electrons. The number of ether oxygens (including phenoxy) is 6. The number of carboxylic acids is 1. The number of esters is 1. The zero-order valence-corrected chi connectivity index (χ0v) is 38.7. The monoisotopic (exact) mass is 926 g/mol. The van der Waals surface area contributed by atoms with Gasteiger partial charge in [0.15, 0.2) is 18.7 Å². The van der Waals surface area contributed by atoms with Crippen molar-refractivity contribution >= 4 is 11.9 Å². The first-order valence-corrected chi connectivity index (χ1v) is 23.7. The third-order valence-corrected chi connectivity index (χ3v) is 19.0. The van der Waals surface area contributed by atoms with Crippen molar-refractivity contribution in [3.05, 3.63) is 11.6 Å². The number of carboxylic acid groups (broad SMARTS) is 1. The van der Waals surface area contributed by atoms with Gasteiger partial charge in [-0.1, -0.05) is 60.1 Å². The summed E-state index contributed by atoms with van der Waals surface area (Å²) in [5.41, 5.74) is -2.86. The second kappa shape index (κ2) is 16.9. The Balaban J connectivity index is 1.01. The number of aliphatic carboxylic acids is 1. The van der Waals surface area contributed by atoms with Crippen molar-refractivity contribution in [3.63, 3.8) is 0 Å². The molecule has 8 aliphatic rings. The molecule has 4 saturated carbocycles. The van der Waals surface area contributed by atoms with Crippen molar-refractivity contribution in [2.45, 2.75) is 198 Å². The Morgan fingerprint density at radius 3 is 2.08 bits per heavy atom. The highest BCUT2D eigenvalue weighted by Crippen LogP contribution is 2.76. The first-order chi connectivity index (χ1) is 30.2. The zero-order valence-electron chi connectivity index (χ0n) is 38.7. The second-order valence-electron chi connectivity index (χ2n) is 23.2. The van der Waals surface area contributed by atoms with Crippen LogP contribution < -0.4 is 0 Å². The molecule has 65 heavy (non-hydrogen) atoms. The van der Waals surface area contributed by atoms with E-state index in [9.17, 15) is 60.7 Å². The maximum Gasteiger partial charge on any atom is 0.335 e. The van der Waals surface area contributed by atoms with Crippen molar-refractivity contribution in [2.24, 2.45) is 50.2 Å². The van der Waals surface area contributed by atoms with Gasteiger partial charge in [-0.25, -0.2) is 4.79 Å². The van der Waals surface area contributed by atoms with Gasteiger partial charge in [0.2, 0.25) is 6.29 Å². The minimum absolute atomic E-state index is 0.0647. The van der Waals surface area contributed by atoms with E-state index in [1.165, 1.54) is 5.57 Å². The average Bonchev–Trinajstić information content (AvgIpc) is 3.53. The van der Waals surface area contributed by atoms with Crippen molar-refractivity contribution in [1.29, 1.82) is 0 Å². The van der Waals surface area contributed by atoms with Crippen LogP contribution in [-0.2, 0) is 38.0 Å². The highest BCUT2D eigenvalue weighted by Gasteiger charge is 2.70. The number of aliphatic hydroxyl groups is 9. The van der Waals surface area contributed by atoms with E-state index in [1.807, 2.05) is 0 Å². The molecule has 18 heteroatoms. The molecule has 7 fully saturated rings. The van der Waals surface area contributed by atoms with Crippen molar-refractivity contribution < 1.29 is 89.1 Å². The SMILES string of the molecule is CC1(C)CC[C@]2(C(=O)O[C@@H]3O[C@H](CO)[C@@H](O)[C@H](O)[C@H]3O)CC[C@]3(C)C(=CC[C@@H]4[C@@]5(C)CC[C@H](O[C@@H]6O[C@H](C(=O)O)[C@@H](O[C@@H]7OC[C@](O)(CO)[C@H]7O)[C@H](O)[C@H]6O)C(C)(C)[C@@H]5CC[C@]43C)[C@@H]2C1. The number of aliphatic hydroxyl groups excluding tert-OH is 8. The van der Waals surface area contributed by atoms with Crippen LogP contribution in [0.4, 0.5) is 0 Å². The van der Waals surface area contributed by atoms with Crippen LogP contribution in [0.3, 0.4) is 0 Å². The van der Waals surface area contributed by atoms with Crippen LogP contribution in [0.15, 0.2) is 11.6 Å². The van der Waals surface area contributed by atoms with Crippen LogP contribution in [0.25, 0.3) is 0 Å². The standard InChI is InChI=1S/C47H74O18/c1-41(2)14-16-46(40(58)65-37-31(53)29(51)28(50)24(19-48)61-37)17-15-44(6)22(23(46)18-41)8-9-26-43(5)12-11-27(42(3,4)25(43)10-13-45(26,44)7)62-38-32(54)30(52)33(34(64-38)36(56)57)63-39-35(55)47(59,20-49)21-60-39/h8,23-35,37-39,48-55,59H,9-21H2,1-7H3,(H,56,57)/t23-,24+,25-,26+,27-,28+,29-,30+,31+,32+,33-,34-,35-,37-,38+,39-,43-,44+,45+,46-,47+/m0/s1. The maximum atomic E-state index is 14.6. The number of hydrogen-bond acceptors (Lipinski definition) is 17. The summed E-state index contributed by atoms with van der Waals surface area (Å²) in [6, 6.07) is 0. The molecule has 0 bridgehead atoms. The molecule has 5 aliphatic carbocycles. The molecule has 21 atom stereocenters. The van der Waals surface area contributed by atoms with Crippen molar-refractivity contribution in [1.82, 2.24) is 0 Å². The summed E-state index contributed by atoms with van der Waals surface area (Å²) in [4.78, 5) is 27.2. The molecular formula is C47H74O18. The summed E-state index contributed by atoms with van der Waals surface area (Å²) >= 11 is 0. The molecule has 8 rings (SSSR count). The number of rotatable bonds is 9. The van der Waals surface area contributed by atoms with Crippen LogP contribution in [0.1, 0.15) is 113 Å². The lowest BCUT2D eigenvalue weighted by Crippen LogP contribution is -2.66. The van der Waals surface area contributed by atoms with E-state index >= 15 is 0 Å². The fourth-order valence-electron chi connectivity index (χ4n) is 14.7. The smallest absolute Gasteiger partial charge is 0.335 e.